The Labute approximate surface area is 111 Å². The maximum Gasteiger partial charge on any atom is 0.116 e. The third kappa shape index (κ3) is 1.77. The first-order valence-electron chi connectivity index (χ1n) is 6.36. The van der Waals surface area contributed by atoms with E-state index in [0.29, 0.717) is 0 Å². The number of hydrogen-bond acceptors (Lipinski definition) is 3. The van der Waals surface area contributed by atoms with E-state index in [2.05, 4.69) is 23.0 Å². The minimum Gasteiger partial charge on any atom is -0.306 e. The molecule has 2 aliphatic heterocycles. The summed E-state index contributed by atoms with van der Waals surface area (Å²) >= 11 is 0. The zero-order chi connectivity index (χ0) is 12.8. The highest BCUT2D eigenvalue weighted by Gasteiger charge is 2.45. The van der Waals surface area contributed by atoms with Crippen molar-refractivity contribution in [2.75, 3.05) is 37.2 Å². The van der Waals surface area contributed by atoms with E-state index in [9.17, 15) is 4.21 Å². The number of aromatic nitrogens is 1. The second-order valence-corrected chi connectivity index (χ2v) is 6.73. The van der Waals surface area contributed by atoms with Gasteiger partial charge in [-0.2, -0.15) is 0 Å². The van der Waals surface area contributed by atoms with Gasteiger partial charge in [0.2, 0.25) is 0 Å². The molecule has 3 rings (SSSR count). The van der Waals surface area contributed by atoms with Crippen LogP contribution in [-0.2, 0) is 16.4 Å². The quantitative estimate of drug-likeness (QED) is 0.764. The van der Waals surface area contributed by atoms with Gasteiger partial charge in [-0.3, -0.25) is 9.29 Å². The van der Waals surface area contributed by atoms with E-state index >= 15 is 0 Å². The first-order chi connectivity index (χ1) is 8.62. The van der Waals surface area contributed by atoms with Gasteiger partial charge in [0.05, 0.1) is 11.9 Å². The van der Waals surface area contributed by atoms with Crippen molar-refractivity contribution in [3.05, 3.63) is 24.0 Å². The van der Waals surface area contributed by atoms with Gasteiger partial charge in [0.25, 0.3) is 0 Å². The summed E-state index contributed by atoms with van der Waals surface area (Å²) in [5, 5.41) is 0. The Hall–Kier alpha value is -0.940. The fourth-order valence-electron chi connectivity index (χ4n) is 3.18. The third-order valence-corrected chi connectivity index (χ3v) is 5.29. The second-order valence-electron chi connectivity index (χ2n) is 5.44. The molecular weight excluding hydrogens is 246 g/mol. The van der Waals surface area contributed by atoms with Crippen LogP contribution in [0.1, 0.15) is 18.4 Å². The van der Waals surface area contributed by atoms with E-state index in [1.165, 1.54) is 5.56 Å². The van der Waals surface area contributed by atoms with Crippen LogP contribution >= 0.6 is 0 Å². The first-order valence-corrected chi connectivity index (χ1v) is 7.88. The van der Waals surface area contributed by atoms with Crippen LogP contribution in [0, 0.1) is 0 Å². The lowest BCUT2D eigenvalue weighted by Gasteiger charge is -2.38. The molecule has 1 atom stereocenters. The van der Waals surface area contributed by atoms with Crippen molar-refractivity contribution in [1.29, 1.82) is 0 Å². The molecule has 1 aromatic rings. The van der Waals surface area contributed by atoms with E-state index in [1.54, 1.807) is 6.26 Å². The normalized spacial score (nSPS) is 24.2. The maximum atomic E-state index is 11.9. The molecule has 0 amide bonds. The number of anilines is 1. The van der Waals surface area contributed by atoms with Gasteiger partial charge < -0.3 is 4.90 Å². The molecule has 0 bridgehead atoms. The fraction of sp³-hybridized carbons (Fsp3) is 0.615. The van der Waals surface area contributed by atoms with E-state index in [-0.39, 0.29) is 5.41 Å². The molecule has 0 aromatic carbocycles. The Bertz CT molecular complexity index is 483. The van der Waals surface area contributed by atoms with Crippen LogP contribution in [0.5, 0.6) is 0 Å². The van der Waals surface area contributed by atoms with E-state index in [4.69, 9.17) is 0 Å². The van der Waals surface area contributed by atoms with Gasteiger partial charge in [-0.05, 0) is 44.6 Å². The van der Waals surface area contributed by atoms with Crippen molar-refractivity contribution in [3.8, 4) is 0 Å². The molecule has 1 aromatic heterocycles. The predicted molar refractivity (Wildman–Crippen MR) is 74.1 cm³/mol. The van der Waals surface area contributed by atoms with Gasteiger partial charge in [-0.25, -0.2) is 4.21 Å². The molecule has 18 heavy (non-hydrogen) atoms. The summed E-state index contributed by atoms with van der Waals surface area (Å²) < 4.78 is 13.9. The zero-order valence-electron chi connectivity index (χ0n) is 10.9. The number of piperidine rings is 1. The minimum atomic E-state index is -0.959. The molecule has 4 nitrogen and oxygen atoms in total. The number of rotatable bonds is 1. The smallest absolute Gasteiger partial charge is 0.116 e. The molecule has 5 heteroatoms. The summed E-state index contributed by atoms with van der Waals surface area (Å²) in [7, 11) is 1.21. The third-order valence-electron chi connectivity index (χ3n) is 4.34. The van der Waals surface area contributed by atoms with Crippen molar-refractivity contribution in [2.24, 2.45) is 0 Å². The molecule has 1 unspecified atom stereocenters. The fourth-order valence-corrected chi connectivity index (χ4v) is 4.03. The molecule has 0 N–H and O–H groups in total. The molecule has 3 heterocycles. The molecule has 0 aliphatic carbocycles. The van der Waals surface area contributed by atoms with Crippen LogP contribution < -0.4 is 4.31 Å². The highest BCUT2D eigenvalue weighted by molar-refractivity contribution is 7.85. The van der Waals surface area contributed by atoms with Gasteiger partial charge in [0, 0.05) is 24.4 Å². The highest BCUT2D eigenvalue weighted by Crippen LogP contribution is 2.46. The SMILES string of the molecule is CN1CCC2(CC1)CN(S(C)=O)c1cnccc12. The Morgan fingerprint density at radius 2 is 2.11 bits per heavy atom. The van der Waals surface area contributed by atoms with Crippen LogP contribution in [0.25, 0.3) is 0 Å². The van der Waals surface area contributed by atoms with Gasteiger partial charge in [0.1, 0.15) is 11.0 Å². The van der Waals surface area contributed by atoms with Crippen LogP contribution in [0.15, 0.2) is 18.5 Å². The molecule has 1 spiro atoms. The summed E-state index contributed by atoms with van der Waals surface area (Å²) in [5.41, 5.74) is 2.61. The van der Waals surface area contributed by atoms with Crippen molar-refractivity contribution in [2.45, 2.75) is 18.3 Å². The number of nitrogens with zero attached hydrogens (tertiary/aromatic N) is 3. The van der Waals surface area contributed by atoms with Crippen LogP contribution in [0.3, 0.4) is 0 Å². The highest BCUT2D eigenvalue weighted by atomic mass is 32.2. The predicted octanol–water partition coefficient (Wildman–Crippen LogP) is 1.16. The Kier molecular flexibility index (Phi) is 2.90. The maximum absolute atomic E-state index is 11.9. The van der Waals surface area contributed by atoms with Gasteiger partial charge in [0.15, 0.2) is 0 Å². The van der Waals surface area contributed by atoms with Crippen molar-refractivity contribution < 1.29 is 4.21 Å². The number of fused-ring (bicyclic) bond motifs is 2. The Morgan fingerprint density at radius 3 is 2.78 bits per heavy atom. The molecule has 1 fully saturated rings. The van der Waals surface area contributed by atoms with Gasteiger partial charge in [-0.1, -0.05) is 0 Å². The topological polar surface area (TPSA) is 36.4 Å². The Morgan fingerprint density at radius 1 is 1.39 bits per heavy atom. The number of hydrogen-bond donors (Lipinski definition) is 0. The molecule has 98 valence electrons. The lowest BCUT2D eigenvalue weighted by Crippen LogP contribution is -2.43. The average molecular weight is 265 g/mol. The summed E-state index contributed by atoms with van der Waals surface area (Å²) in [6.07, 6.45) is 7.78. The number of likely N-dealkylation sites (tertiary alicyclic amines) is 1. The van der Waals surface area contributed by atoms with Crippen LogP contribution in [0.2, 0.25) is 0 Å². The van der Waals surface area contributed by atoms with Crippen molar-refractivity contribution in [1.82, 2.24) is 9.88 Å². The lowest BCUT2D eigenvalue weighted by molar-refractivity contribution is 0.198. The summed E-state index contributed by atoms with van der Waals surface area (Å²) in [5.74, 6) is 0. The molecular formula is C13H19N3OS. The van der Waals surface area contributed by atoms with Crippen LogP contribution in [0.4, 0.5) is 5.69 Å². The van der Waals surface area contributed by atoms with E-state index < -0.39 is 11.0 Å². The Balaban J connectivity index is 2.02. The number of pyridine rings is 1. The minimum absolute atomic E-state index is 0.191. The molecule has 0 saturated carbocycles. The lowest BCUT2D eigenvalue weighted by atomic mass is 9.75. The second kappa shape index (κ2) is 4.31. The van der Waals surface area contributed by atoms with Gasteiger partial charge >= 0.3 is 0 Å². The molecule has 2 aliphatic rings. The van der Waals surface area contributed by atoms with Gasteiger partial charge in [-0.15, -0.1) is 0 Å². The summed E-state index contributed by atoms with van der Waals surface area (Å²) in [6, 6.07) is 2.12. The molecule has 0 radical (unpaired) electrons. The largest absolute Gasteiger partial charge is 0.306 e. The average Bonchev–Trinajstić information content (AvgIpc) is 2.69. The summed E-state index contributed by atoms with van der Waals surface area (Å²) in [6.45, 7) is 3.11. The standard InChI is InChI=1S/C13H19N3OS/c1-15-7-4-13(5-8-15)10-16(18(2)17)12-9-14-6-3-11(12)13/h3,6,9H,4-5,7-8,10H2,1-2H3. The molecule has 1 saturated heterocycles. The monoisotopic (exact) mass is 265 g/mol. The van der Waals surface area contributed by atoms with Crippen molar-refractivity contribution >= 4 is 16.7 Å². The van der Waals surface area contributed by atoms with E-state index in [1.807, 2.05) is 16.7 Å². The van der Waals surface area contributed by atoms with E-state index in [0.717, 1.165) is 38.2 Å². The van der Waals surface area contributed by atoms with Crippen LogP contribution in [-0.4, -0.2) is 47.0 Å². The first kappa shape index (κ1) is 12.1. The van der Waals surface area contributed by atoms with Crippen molar-refractivity contribution in [3.63, 3.8) is 0 Å². The zero-order valence-corrected chi connectivity index (χ0v) is 11.7. The summed E-state index contributed by atoms with van der Waals surface area (Å²) in [4.78, 5) is 6.57.